The number of aryl methyl sites for hydroxylation is 3. The summed E-state index contributed by atoms with van der Waals surface area (Å²) in [5.41, 5.74) is 8.49. The van der Waals surface area contributed by atoms with Gasteiger partial charge in [0.05, 0.1) is 16.8 Å². The van der Waals surface area contributed by atoms with Crippen LogP contribution >= 0.6 is 0 Å². The zero-order valence-corrected chi connectivity index (χ0v) is 22.2. The number of hydrogen-bond donors (Lipinski definition) is 1. The number of carbonyl (C=O) groups excluding carboxylic acids is 1. The zero-order valence-electron chi connectivity index (χ0n) is 21.3. The SMILES string of the molecule is Cc1ccc(C)c(N(CC(=O)N/N=C\c2cc(C)n(-c3ccccc3)c2C)S(=O)(=O)c2ccccc2)c1. The fraction of sp³-hybridized carbons (Fsp3) is 0.172. The Morgan fingerprint density at radius 3 is 2.24 bits per heavy atom. The van der Waals surface area contributed by atoms with Gasteiger partial charge in [0.2, 0.25) is 0 Å². The van der Waals surface area contributed by atoms with Crippen LogP contribution in [0.15, 0.2) is 94.9 Å². The van der Waals surface area contributed by atoms with Crippen LogP contribution in [0.25, 0.3) is 5.69 Å². The van der Waals surface area contributed by atoms with Crippen LogP contribution in [0.3, 0.4) is 0 Å². The summed E-state index contributed by atoms with van der Waals surface area (Å²) in [5, 5.41) is 4.13. The summed E-state index contributed by atoms with van der Waals surface area (Å²) < 4.78 is 30.3. The molecule has 190 valence electrons. The molecule has 0 saturated carbocycles. The molecule has 4 rings (SSSR count). The van der Waals surface area contributed by atoms with Crippen molar-refractivity contribution in [3.8, 4) is 5.69 Å². The van der Waals surface area contributed by atoms with Gasteiger partial charge < -0.3 is 4.57 Å². The first-order chi connectivity index (χ1) is 17.7. The van der Waals surface area contributed by atoms with E-state index in [-0.39, 0.29) is 4.90 Å². The lowest BCUT2D eigenvalue weighted by atomic mass is 10.1. The molecule has 0 aliphatic carbocycles. The third kappa shape index (κ3) is 5.65. The monoisotopic (exact) mass is 514 g/mol. The molecule has 0 aliphatic heterocycles. The van der Waals surface area contributed by atoms with Gasteiger partial charge in [0.15, 0.2) is 0 Å². The minimum absolute atomic E-state index is 0.112. The van der Waals surface area contributed by atoms with Crippen molar-refractivity contribution < 1.29 is 13.2 Å². The van der Waals surface area contributed by atoms with Crippen LogP contribution in [-0.2, 0) is 14.8 Å². The number of hydrazone groups is 1. The predicted octanol–water partition coefficient (Wildman–Crippen LogP) is 5.06. The topological polar surface area (TPSA) is 83.8 Å². The Bertz CT molecular complexity index is 1540. The molecule has 7 nitrogen and oxygen atoms in total. The van der Waals surface area contributed by atoms with E-state index in [4.69, 9.17) is 0 Å². The lowest BCUT2D eigenvalue weighted by molar-refractivity contribution is -0.119. The van der Waals surface area contributed by atoms with Gasteiger partial charge in [-0.2, -0.15) is 5.10 Å². The molecular weight excluding hydrogens is 484 g/mol. The van der Waals surface area contributed by atoms with E-state index in [1.54, 1.807) is 30.5 Å². The number of rotatable bonds is 8. The molecule has 3 aromatic carbocycles. The molecule has 37 heavy (non-hydrogen) atoms. The minimum Gasteiger partial charge on any atom is -0.318 e. The van der Waals surface area contributed by atoms with Gasteiger partial charge in [0, 0.05) is 22.6 Å². The van der Waals surface area contributed by atoms with Crippen molar-refractivity contribution in [2.45, 2.75) is 32.6 Å². The molecule has 0 radical (unpaired) electrons. The molecule has 0 atom stereocenters. The van der Waals surface area contributed by atoms with E-state index in [0.717, 1.165) is 38.1 Å². The highest BCUT2D eigenvalue weighted by molar-refractivity contribution is 7.92. The van der Waals surface area contributed by atoms with Crippen LogP contribution in [0.4, 0.5) is 5.69 Å². The highest BCUT2D eigenvalue weighted by Crippen LogP contribution is 2.27. The van der Waals surface area contributed by atoms with E-state index in [9.17, 15) is 13.2 Å². The first kappa shape index (κ1) is 25.9. The molecule has 1 N–H and O–H groups in total. The molecule has 0 aliphatic rings. The molecule has 8 heteroatoms. The van der Waals surface area contributed by atoms with Crippen LogP contribution in [0.5, 0.6) is 0 Å². The number of para-hydroxylation sites is 1. The minimum atomic E-state index is -3.99. The molecule has 0 saturated heterocycles. The van der Waals surface area contributed by atoms with Crippen molar-refractivity contribution in [2.75, 3.05) is 10.8 Å². The predicted molar refractivity (Wildman–Crippen MR) is 148 cm³/mol. The number of sulfonamides is 1. The number of benzene rings is 3. The van der Waals surface area contributed by atoms with Gasteiger partial charge in [-0.25, -0.2) is 13.8 Å². The molecule has 1 heterocycles. The Morgan fingerprint density at radius 2 is 1.57 bits per heavy atom. The van der Waals surface area contributed by atoms with Crippen LogP contribution < -0.4 is 9.73 Å². The Hall–Kier alpha value is -4.17. The molecular formula is C29H30N4O3S. The average molecular weight is 515 g/mol. The summed E-state index contributed by atoms with van der Waals surface area (Å²) in [6.45, 7) is 7.28. The maximum absolute atomic E-state index is 13.6. The summed E-state index contributed by atoms with van der Waals surface area (Å²) in [4.78, 5) is 13.0. The van der Waals surface area contributed by atoms with Crippen LogP contribution in [0.2, 0.25) is 0 Å². The van der Waals surface area contributed by atoms with E-state index >= 15 is 0 Å². The van der Waals surface area contributed by atoms with E-state index in [1.165, 1.54) is 12.1 Å². The van der Waals surface area contributed by atoms with Gasteiger partial charge in [-0.3, -0.25) is 9.10 Å². The van der Waals surface area contributed by atoms with Gasteiger partial charge in [0.1, 0.15) is 6.54 Å². The second kappa shape index (κ2) is 10.8. The van der Waals surface area contributed by atoms with Crippen LogP contribution in [0, 0.1) is 27.7 Å². The van der Waals surface area contributed by atoms with Crippen molar-refractivity contribution in [3.63, 3.8) is 0 Å². The Kier molecular flexibility index (Phi) is 7.59. The Morgan fingerprint density at radius 1 is 0.919 bits per heavy atom. The highest BCUT2D eigenvalue weighted by Gasteiger charge is 2.28. The Labute approximate surface area is 218 Å². The second-order valence-electron chi connectivity index (χ2n) is 8.91. The molecule has 0 spiro atoms. The first-order valence-corrected chi connectivity index (χ1v) is 13.3. The lowest BCUT2D eigenvalue weighted by Crippen LogP contribution is -2.40. The van der Waals surface area contributed by atoms with Gasteiger partial charge in [-0.1, -0.05) is 48.5 Å². The molecule has 1 aromatic heterocycles. The van der Waals surface area contributed by atoms with Crippen LogP contribution in [-0.4, -0.2) is 31.7 Å². The summed E-state index contributed by atoms with van der Waals surface area (Å²) in [5.74, 6) is -0.548. The third-order valence-electron chi connectivity index (χ3n) is 6.13. The number of aromatic nitrogens is 1. The quantitative estimate of drug-likeness (QED) is 0.264. The summed E-state index contributed by atoms with van der Waals surface area (Å²) in [6, 6.07) is 25.6. The highest BCUT2D eigenvalue weighted by atomic mass is 32.2. The standard InChI is InChI=1S/C29H30N4O3S/c1-21-15-16-22(2)28(17-21)32(37(35,36)27-13-9-6-10-14-27)20-29(34)31-30-19-25-18-23(3)33(24(25)4)26-11-7-5-8-12-26/h5-19H,20H2,1-4H3,(H,31,34)/b30-19-. The fourth-order valence-corrected chi connectivity index (χ4v) is 5.74. The third-order valence-corrected chi connectivity index (χ3v) is 7.90. The van der Waals surface area contributed by atoms with Gasteiger partial charge in [-0.15, -0.1) is 0 Å². The Balaban J connectivity index is 1.58. The zero-order chi connectivity index (χ0) is 26.6. The summed E-state index contributed by atoms with van der Waals surface area (Å²) in [6.07, 6.45) is 1.58. The fourth-order valence-electron chi connectivity index (χ4n) is 4.24. The number of nitrogens with zero attached hydrogens (tertiary/aromatic N) is 3. The summed E-state index contributed by atoms with van der Waals surface area (Å²) in [7, 11) is -3.99. The van der Waals surface area contributed by atoms with Crippen LogP contribution in [0.1, 0.15) is 28.1 Å². The average Bonchev–Trinajstić information content (AvgIpc) is 3.17. The number of carbonyl (C=O) groups is 1. The lowest BCUT2D eigenvalue weighted by Gasteiger charge is -2.25. The number of anilines is 1. The molecule has 0 bridgehead atoms. The molecule has 0 unspecified atom stereocenters. The van der Waals surface area contributed by atoms with E-state index in [0.29, 0.717) is 5.69 Å². The van der Waals surface area contributed by atoms with Gasteiger partial charge in [0.25, 0.3) is 15.9 Å². The number of hydrogen-bond acceptors (Lipinski definition) is 4. The van der Waals surface area contributed by atoms with Crippen molar-refractivity contribution in [1.29, 1.82) is 0 Å². The summed E-state index contributed by atoms with van der Waals surface area (Å²) >= 11 is 0. The molecule has 1 amide bonds. The molecule has 0 fully saturated rings. The van der Waals surface area contributed by atoms with E-state index in [2.05, 4.69) is 15.1 Å². The number of nitrogens with one attached hydrogen (secondary N) is 1. The largest absolute Gasteiger partial charge is 0.318 e. The maximum atomic E-state index is 13.6. The van der Waals surface area contributed by atoms with Gasteiger partial charge >= 0.3 is 0 Å². The smallest absolute Gasteiger partial charge is 0.264 e. The van der Waals surface area contributed by atoms with E-state index < -0.39 is 22.5 Å². The van der Waals surface area contributed by atoms with Crippen molar-refractivity contribution in [1.82, 2.24) is 9.99 Å². The van der Waals surface area contributed by atoms with Crippen molar-refractivity contribution in [2.24, 2.45) is 5.10 Å². The van der Waals surface area contributed by atoms with Crippen molar-refractivity contribution >= 4 is 27.8 Å². The van der Waals surface area contributed by atoms with E-state index in [1.807, 2.05) is 76.2 Å². The normalized spacial score (nSPS) is 11.6. The number of amides is 1. The second-order valence-corrected chi connectivity index (χ2v) is 10.8. The molecule has 4 aromatic rings. The van der Waals surface area contributed by atoms with Crippen molar-refractivity contribution in [3.05, 3.63) is 113 Å². The first-order valence-electron chi connectivity index (χ1n) is 11.9. The maximum Gasteiger partial charge on any atom is 0.264 e. The van der Waals surface area contributed by atoms with Gasteiger partial charge in [-0.05, 0) is 75.2 Å².